The van der Waals surface area contributed by atoms with Crippen LogP contribution in [0.5, 0.6) is 0 Å². The number of terminal acetylenes is 1. The highest BCUT2D eigenvalue weighted by molar-refractivity contribution is 7.67. The Balaban J connectivity index is 2.55. The summed E-state index contributed by atoms with van der Waals surface area (Å²) in [4.78, 5) is 30.2. The molecule has 1 heterocycles. The summed E-state index contributed by atoms with van der Waals surface area (Å²) in [6, 6.07) is 0. The van der Waals surface area contributed by atoms with Crippen LogP contribution < -0.4 is 0 Å². The zero-order valence-corrected chi connectivity index (χ0v) is 11.7. The van der Waals surface area contributed by atoms with Crippen molar-refractivity contribution in [3.63, 3.8) is 0 Å². The van der Waals surface area contributed by atoms with Crippen LogP contribution in [0, 0.1) is 12.3 Å². The molecule has 11 heteroatoms. The van der Waals surface area contributed by atoms with Crippen molar-refractivity contribution >= 4 is 19.3 Å². The molecule has 0 aromatic rings. The smallest absolute Gasteiger partial charge is 0.371 e. The molecule has 0 saturated carbocycles. The van der Waals surface area contributed by atoms with Crippen LogP contribution in [0.15, 0.2) is 0 Å². The Bertz CT molecular complexity index is 520. The fourth-order valence-corrected chi connectivity index (χ4v) is 2.78. The van der Waals surface area contributed by atoms with Crippen molar-refractivity contribution < 1.29 is 48.5 Å². The third kappa shape index (κ3) is 3.59. The number of rotatable bonds is 6. The van der Waals surface area contributed by atoms with Crippen molar-refractivity contribution in [2.24, 2.45) is 0 Å². The summed E-state index contributed by atoms with van der Waals surface area (Å²) in [6.07, 6.45) is 3.41. The van der Waals surface area contributed by atoms with Gasteiger partial charge >= 0.3 is 24.8 Å². The van der Waals surface area contributed by atoms with Crippen molar-refractivity contribution in [3.8, 4) is 12.3 Å². The summed E-state index contributed by atoms with van der Waals surface area (Å²) in [5.41, 5.74) is -2.79. The molecule has 118 valence electrons. The van der Waals surface area contributed by atoms with Crippen LogP contribution in [0.3, 0.4) is 0 Å². The lowest BCUT2D eigenvalue weighted by atomic mass is 10.2. The van der Waals surface area contributed by atoms with Gasteiger partial charge in [0, 0.05) is 6.61 Å². The lowest BCUT2D eigenvalue weighted by molar-refractivity contribution is -0.294. The molecular formula is C10H13O10P. The third-order valence-electron chi connectivity index (χ3n) is 2.30. The normalized spacial score (nSPS) is 27.6. The summed E-state index contributed by atoms with van der Waals surface area (Å²) < 4.78 is 20.9. The van der Waals surface area contributed by atoms with E-state index in [9.17, 15) is 19.3 Å². The summed E-state index contributed by atoms with van der Waals surface area (Å²) >= 11 is 0. The Hall–Kier alpha value is -1.47. The lowest BCUT2D eigenvalue weighted by Crippen LogP contribution is -2.40. The molecule has 0 radical (unpaired) electrons. The molecule has 2 atom stereocenters. The van der Waals surface area contributed by atoms with Gasteiger partial charge in [0.25, 0.3) is 5.79 Å². The summed E-state index contributed by atoms with van der Waals surface area (Å²) in [5, 5.41) is 27.8. The zero-order valence-electron chi connectivity index (χ0n) is 10.8. The van der Waals surface area contributed by atoms with E-state index < -0.39 is 43.4 Å². The van der Waals surface area contributed by atoms with E-state index in [0.29, 0.717) is 0 Å². The molecule has 2 unspecified atom stereocenters. The standard InChI is InChI=1S/C10H13O10P/c1-3-5-9(13,14)7(11)18-19-8(12)10(15)20-21(10,16)6-17-4-2/h1,13-15H,4-6H2,2H3. The van der Waals surface area contributed by atoms with Gasteiger partial charge in [-0.25, -0.2) is 19.4 Å². The maximum Gasteiger partial charge on any atom is 0.425 e. The van der Waals surface area contributed by atoms with E-state index in [2.05, 4.69) is 14.3 Å². The number of aliphatic hydroxyl groups is 3. The van der Waals surface area contributed by atoms with Crippen molar-refractivity contribution in [2.75, 3.05) is 13.0 Å². The molecule has 1 fully saturated rings. The Labute approximate surface area is 118 Å². The molecule has 0 bridgehead atoms. The Morgan fingerprint density at radius 1 is 1.43 bits per heavy atom. The molecule has 0 amide bonds. The predicted octanol–water partition coefficient (Wildman–Crippen LogP) is -1.36. The first-order chi connectivity index (χ1) is 9.63. The van der Waals surface area contributed by atoms with E-state index >= 15 is 0 Å². The predicted molar refractivity (Wildman–Crippen MR) is 62.9 cm³/mol. The van der Waals surface area contributed by atoms with Crippen molar-refractivity contribution in [3.05, 3.63) is 0 Å². The van der Waals surface area contributed by atoms with Gasteiger partial charge in [-0.15, -0.1) is 12.3 Å². The first kappa shape index (κ1) is 17.6. The molecule has 3 N–H and O–H groups in total. The molecule has 0 aromatic carbocycles. The fraction of sp³-hybridized carbons (Fsp3) is 0.600. The third-order valence-corrected chi connectivity index (χ3v) is 4.42. The van der Waals surface area contributed by atoms with Gasteiger partial charge in [-0.2, -0.15) is 0 Å². The number of hydrogen-bond donors (Lipinski definition) is 3. The molecule has 1 aliphatic rings. The van der Waals surface area contributed by atoms with E-state index in [1.165, 1.54) is 0 Å². The van der Waals surface area contributed by atoms with Gasteiger partial charge in [0.15, 0.2) is 0 Å². The monoisotopic (exact) mass is 324 g/mol. The van der Waals surface area contributed by atoms with Gasteiger partial charge in [0.05, 0.1) is 6.42 Å². The van der Waals surface area contributed by atoms with Crippen LogP contribution in [0.25, 0.3) is 0 Å². The van der Waals surface area contributed by atoms with Gasteiger partial charge in [0.2, 0.25) is 0 Å². The molecule has 1 saturated heterocycles. The minimum Gasteiger partial charge on any atom is -0.371 e. The van der Waals surface area contributed by atoms with Crippen LogP contribution in [0.2, 0.25) is 0 Å². The molecule has 0 spiro atoms. The van der Waals surface area contributed by atoms with Crippen LogP contribution in [0.1, 0.15) is 13.3 Å². The average molecular weight is 324 g/mol. The number of ether oxygens (including phenoxy) is 1. The maximum atomic E-state index is 11.8. The Kier molecular flexibility index (Phi) is 5.11. The second-order valence-electron chi connectivity index (χ2n) is 3.93. The van der Waals surface area contributed by atoms with Crippen molar-refractivity contribution in [1.29, 1.82) is 0 Å². The quantitative estimate of drug-likeness (QED) is 0.133. The number of carbonyl (C=O) groups excluding carboxylic acids is 2. The first-order valence-electron chi connectivity index (χ1n) is 5.54. The van der Waals surface area contributed by atoms with E-state index in [1.807, 2.05) is 0 Å². The zero-order chi connectivity index (χ0) is 16.3. The topological polar surface area (TPSA) is 152 Å². The number of carbonyl (C=O) groups is 2. The second kappa shape index (κ2) is 6.11. The van der Waals surface area contributed by atoms with Gasteiger partial charge in [0.1, 0.15) is 6.35 Å². The van der Waals surface area contributed by atoms with E-state index in [0.717, 1.165) is 0 Å². The first-order valence-corrected chi connectivity index (χ1v) is 7.35. The van der Waals surface area contributed by atoms with Crippen LogP contribution in [-0.4, -0.2) is 51.5 Å². The highest BCUT2D eigenvalue weighted by atomic mass is 31.2. The van der Waals surface area contributed by atoms with Gasteiger partial charge in [-0.1, -0.05) is 0 Å². The second-order valence-corrected chi connectivity index (χ2v) is 6.33. The van der Waals surface area contributed by atoms with Gasteiger partial charge in [-0.3, -0.25) is 9.09 Å². The fourth-order valence-electron chi connectivity index (χ4n) is 1.10. The van der Waals surface area contributed by atoms with Crippen LogP contribution in [0.4, 0.5) is 0 Å². The SMILES string of the molecule is C#CCC(O)(O)C(=O)OOC(=O)C1(O)OP1(=O)COCC. The molecule has 21 heavy (non-hydrogen) atoms. The van der Waals surface area contributed by atoms with Gasteiger partial charge in [-0.05, 0) is 6.92 Å². The maximum absolute atomic E-state index is 11.8. The Morgan fingerprint density at radius 2 is 2.05 bits per heavy atom. The average Bonchev–Trinajstić information content (AvgIpc) is 2.97. The molecule has 10 nitrogen and oxygen atoms in total. The van der Waals surface area contributed by atoms with E-state index in [-0.39, 0.29) is 6.61 Å². The lowest BCUT2D eigenvalue weighted by Gasteiger charge is -2.15. The Morgan fingerprint density at radius 3 is 2.57 bits per heavy atom. The molecule has 1 aliphatic heterocycles. The molecular weight excluding hydrogens is 311 g/mol. The highest BCUT2D eigenvalue weighted by Gasteiger charge is 2.76. The van der Waals surface area contributed by atoms with E-state index in [1.54, 1.807) is 12.8 Å². The van der Waals surface area contributed by atoms with Crippen LogP contribution >= 0.6 is 7.37 Å². The molecule has 0 aliphatic carbocycles. The largest absolute Gasteiger partial charge is 0.425 e. The minimum absolute atomic E-state index is 0.164. The van der Waals surface area contributed by atoms with E-state index in [4.69, 9.17) is 21.4 Å². The summed E-state index contributed by atoms with van der Waals surface area (Å²) in [7, 11) is -3.81. The van der Waals surface area contributed by atoms with Gasteiger partial charge < -0.3 is 20.1 Å². The molecule has 0 aromatic heterocycles. The highest BCUT2D eigenvalue weighted by Crippen LogP contribution is 2.76. The van der Waals surface area contributed by atoms with Crippen LogP contribution in [-0.2, 0) is 33.2 Å². The number of hydrogen-bond acceptors (Lipinski definition) is 10. The minimum atomic E-state index is -3.81. The van der Waals surface area contributed by atoms with Crippen molar-refractivity contribution in [2.45, 2.75) is 24.7 Å². The summed E-state index contributed by atoms with van der Waals surface area (Å²) in [6.45, 7) is 1.75. The summed E-state index contributed by atoms with van der Waals surface area (Å²) in [5.74, 6) is -4.79. The van der Waals surface area contributed by atoms with Crippen molar-refractivity contribution in [1.82, 2.24) is 0 Å². The molecule has 1 rings (SSSR count).